The molecule has 4 heteroatoms. The zero-order valence-corrected chi connectivity index (χ0v) is 9.56. The lowest BCUT2D eigenvalue weighted by Crippen LogP contribution is -2.27. The SMILES string of the molecule is CCCCC(NN)c1cnn2ccccc12. The first-order chi connectivity index (χ1) is 7.86. The molecule has 0 aliphatic rings. The normalized spacial score (nSPS) is 13.1. The third kappa shape index (κ3) is 2.08. The van der Waals surface area contributed by atoms with E-state index in [-0.39, 0.29) is 6.04 Å². The number of hydrazine groups is 1. The second-order valence-corrected chi connectivity index (χ2v) is 3.99. The fraction of sp³-hybridized carbons (Fsp3) is 0.417. The number of aromatic nitrogens is 2. The molecule has 16 heavy (non-hydrogen) atoms. The van der Waals surface area contributed by atoms with Gasteiger partial charge in [0.2, 0.25) is 0 Å². The quantitative estimate of drug-likeness (QED) is 0.596. The summed E-state index contributed by atoms with van der Waals surface area (Å²) < 4.78 is 1.88. The van der Waals surface area contributed by atoms with Gasteiger partial charge in [-0.15, -0.1) is 0 Å². The Morgan fingerprint density at radius 3 is 3.12 bits per heavy atom. The second-order valence-electron chi connectivity index (χ2n) is 3.99. The van der Waals surface area contributed by atoms with Crippen molar-refractivity contribution in [2.24, 2.45) is 5.84 Å². The molecule has 0 saturated heterocycles. The lowest BCUT2D eigenvalue weighted by atomic mass is 10.0. The van der Waals surface area contributed by atoms with Crippen LogP contribution in [0.4, 0.5) is 0 Å². The summed E-state index contributed by atoms with van der Waals surface area (Å²) in [5.74, 6) is 5.61. The maximum Gasteiger partial charge on any atom is 0.0709 e. The molecule has 4 nitrogen and oxygen atoms in total. The van der Waals surface area contributed by atoms with Crippen molar-refractivity contribution in [1.82, 2.24) is 15.0 Å². The number of nitrogens with two attached hydrogens (primary N) is 1. The Morgan fingerprint density at radius 2 is 2.38 bits per heavy atom. The van der Waals surface area contributed by atoms with Gasteiger partial charge in [0.15, 0.2) is 0 Å². The average molecular weight is 218 g/mol. The molecule has 0 radical (unpaired) electrons. The lowest BCUT2D eigenvalue weighted by Gasteiger charge is -2.14. The fourth-order valence-electron chi connectivity index (χ4n) is 1.96. The van der Waals surface area contributed by atoms with Crippen molar-refractivity contribution in [2.75, 3.05) is 0 Å². The molecule has 2 heterocycles. The van der Waals surface area contributed by atoms with E-state index in [1.54, 1.807) is 0 Å². The molecular formula is C12H18N4. The van der Waals surface area contributed by atoms with Gasteiger partial charge in [-0.25, -0.2) is 4.52 Å². The highest BCUT2D eigenvalue weighted by molar-refractivity contribution is 5.54. The highest BCUT2D eigenvalue weighted by atomic mass is 15.3. The summed E-state index contributed by atoms with van der Waals surface area (Å²) in [7, 11) is 0. The minimum absolute atomic E-state index is 0.194. The molecule has 1 atom stereocenters. The van der Waals surface area contributed by atoms with Crippen molar-refractivity contribution in [3.8, 4) is 0 Å². The third-order valence-corrected chi connectivity index (χ3v) is 2.88. The Labute approximate surface area is 95.4 Å². The lowest BCUT2D eigenvalue weighted by molar-refractivity contribution is 0.498. The van der Waals surface area contributed by atoms with E-state index in [0.717, 1.165) is 11.9 Å². The standard InChI is InChI=1S/C12H18N4/c1-2-3-6-11(15-13)10-9-14-16-8-5-4-7-12(10)16/h4-5,7-9,11,15H,2-3,6,13H2,1H3. The minimum Gasteiger partial charge on any atom is -0.271 e. The van der Waals surface area contributed by atoms with Crippen LogP contribution in [0.25, 0.3) is 5.52 Å². The molecule has 2 aromatic heterocycles. The minimum atomic E-state index is 0.194. The van der Waals surface area contributed by atoms with Crippen LogP contribution >= 0.6 is 0 Å². The molecule has 2 rings (SSSR count). The number of nitrogens with one attached hydrogen (secondary N) is 1. The van der Waals surface area contributed by atoms with Gasteiger partial charge in [-0.3, -0.25) is 11.3 Å². The van der Waals surface area contributed by atoms with E-state index in [1.165, 1.54) is 18.4 Å². The number of hydrogen-bond acceptors (Lipinski definition) is 3. The van der Waals surface area contributed by atoms with Crippen molar-refractivity contribution < 1.29 is 0 Å². The van der Waals surface area contributed by atoms with E-state index in [4.69, 9.17) is 5.84 Å². The number of unbranched alkanes of at least 4 members (excludes halogenated alkanes) is 1. The Bertz CT molecular complexity index is 449. The monoisotopic (exact) mass is 218 g/mol. The smallest absolute Gasteiger partial charge is 0.0709 e. The molecular weight excluding hydrogens is 200 g/mol. The summed E-state index contributed by atoms with van der Waals surface area (Å²) in [4.78, 5) is 0. The highest BCUT2D eigenvalue weighted by Crippen LogP contribution is 2.22. The molecule has 0 saturated carbocycles. The van der Waals surface area contributed by atoms with Gasteiger partial charge in [-0.1, -0.05) is 25.8 Å². The Hall–Kier alpha value is -1.39. The molecule has 86 valence electrons. The van der Waals surface area contributed by atoms with Gasteiger partial charge >= 0.3 is 0 Å². The Kier molecular flexibility index (Phi) is 3.54. The molecule has 0 bridgehead atoms. The van der Waals surface area contributed by atoms with Crippen molar-refractivity contribution in [3.63, 3.8) is 0 Å². The maximum absolute atomic E-state index is 5.61. The van der Waals surface area contributed by atoms with Crippen LogP contribution in [0, 0.1) is 0 Å². The molecule has 0 aliphatic heterocycles. The zero-order valence-electron chi connectivity index (χ0n) is 9.56. The van der Waals surface area contributed by atoms with E-state index >= 15 is 0 Å². The highest BCUT2D eigenvalue weighted by Gasteiger charge is 2.13. The van der Waals surface area contributed by atoms with Gasteiger partial charge in [0.05, 0.1) is 11.7 Å². The van der Waals surface area contributed by atoms with Crippen LogP contribution in [-0.2, 0) is 0 Å². The van der Waals surface area contributed by atoms with E-state index < -0.39 is 0 Å². The summed E-state index contributed by atoms with van der Waals surface area (Å²) in [6.07, 6.45) is 7.24. The number of pyridine rings is 1. The van der Waals surface area contributed by atoms with E-state index in [0.29, 0.717) is 0 Å². The Morgan fingerprint density at radius 1 is 1.50 bits per heavy atom. The average Bonchev–Trinajstić information content (AvgIpc) is 2.75. The molecule has 1 unspecified atom stereocenters. The van der Waals surface area contributed by atoms with Gasteiger partial charge in [0.1, 0.15) is 0 Å². The number of hydrogen-bond donors (Lipinski definition) is 2. The van der Waals surface area contributed by atoms with Gasteiger partial charge in [0.25, 0.3) is 0 Å². The van der Waals surface area contributed by atoms with Crippen molar-refractivity contribution in [1.29, 1.82) is 0 Å². The predicted octanol–water partition coefficient (Wildman–Crippen LogP) is 2.03. The van der Waals surface area contributed by atoms with Crippen LogP contribution < -0.4 is 11.3 Å². The van der Waals surface area contributed by atoms with Crippen LogP contribution in [-0.4, -0.2) is 9.61 Å². The maximum atomic E-state index is 5.61. The molecule has 2 aromatic rings. The first kappa shape index (κ1) is 11.1. The summed E-state index contributed by atoms with van der Waals surface area (Å²) in [6.45, 7) is 2.18. The van der Waals surface area contributed by atoms with Crippen LogP contribution in [0.5, 0.6) is 0 Å². The van der Waals surface area contributed by atoms with E-state index in [1.807, 2.05) is 29.0 Å². The second kappa shape index (κ2) is 5.09. The number of fused-ring (bicyclic) bond motifs is 1. The first-order valence-corrected chi connectivity index (χ1v) is 5.75. The fourth-order valence-corrected chi connectivity index (χ4v) is 1.96. The zero-order chi connectivity index (χ0) is 11.4. The van der Waals surface area contributed by atoms with Crippen LogP contribution in [0.3, 0.4) is 0 Å². The van der Waals surface area contributed by atoms with Gasteiger partial charge in [0, 0.05) is 17.8 Å². The van der Waals surface area contributed by atoms with Crippen molar-refractivity contribution in [2.45, 2.75) is 32.2 Å². The van der Waals surface area contributed by atoms with Gasteiger partial charge in [-0.2, -0.15) is 5.10 Å². The van der Waals surface area contributed by atoms with Gasteiger partial charge in [-0.05, 0) is 18.6 Å². The molecule has 0 aliphatic carbocycles. The third-order valence-electron chi connectivity index (χ3n) is 2.88. The summed E-state index contributed by atoms with van der Waals surface area (Å²) in [6, 6.07) is 6.26. The van der Waals surface area contributed by atoms with E-state index in [2.05, 4.69) is 23.5 Å². The summed E-state index contributed by atoms with van der Waals surface area (Å²) in [5.41, 5.74) is 5.18. The van der Waals surface area contributed by atoms with E-state index in [9.17, 15) is 0 Å². The summed E-state index contributed by atoms with van der Waals surface area (Å²) in [5, 5.41) is 4.32. The van der Waals surface area contributed by atoms with Crippen LogP contribution in [0.2, 0.25) is 0 Å². The first-order valence-electron chi connectivity index (χ1n) is 5.75. The van der Waals surface area contributed by atoms with Gasteiger partial charge < -0.3 is 0 Å². The van der Waals surface area contributed by atoms with Crippen LogP contribution in [0.15, 0.2) is 30.6 Å². The molecule has 0 fully saturated rings. The molecule has 0 amide bonds. The van der Waals surface area contributed by atoms with Crippen molar-refractivity contribution >= 4 is 5.52 Å². The predicted molar refractivity (Wildman–Crippen MR) is 64.8 cm³/mol. The topological polar surface area (TPSA) is 55.3 Å². The summed E-state index contributed by atoms with van der Waals surface area (Å²) >= 11 is 0. The molecule has 3 N–H and O–H groups in total. The number of rotatable bonds is 5. The number of nitrogens with zero attached hydrogens (tertiary/aromatic N) is 2. The largest absolute Gasteiger partial charge is 0.271 e. The van der Waals surface area contributed by atoms with Crippen molar-refractivity contribution in [3.05, 3.63) is 36.2 Å². The molecule has 0 aromatic carbocycles. The molecule has 0 spiro atoms. The van der Waals surface area contributed by atoms with Crippen LogP contribution in [0.1, 0.15) is 37.8 Å². The Balaban J connectivity index is 2.30.